The first-order valence-electron chi connectivity index (χ1n) is 9.89. The molecule has 1 heterocycles. The lowest BCUT2D eigenvalue weighted by Gasteiger charge is -2.32. The molecular formula is C21H35N3. The Morgan fingerprint density at radius 3 is 2.75 bits per heavy atom. The van der Waals surface area contributed by atoms with E-state index in [9.17, 15) is 0 Å². The number of rotatable bonds is 9. The molecule has 0 amide bonds. The third kappa shape index (κ3) is 4.59. The highest BCUT2D eigenvalue weighted by Crippen LogP contribution is 2.40. The summed E-state index contributed by atoms with van der Waals surface area (Å²) in [7, 11) is 2.12. The van der Waals surface area contributed by atoms with Crippen LogP contribution in [0.25, 0.3) is 0 Å². The molecule has 1 aromatic rings. The van der Waals surface area contributed by atoms with E-state index in [4.69, 9.17) is 0 Å². The van der Waals surface area contributed by atoms with Crippen LogP contribution in [0.1, 0.15) is 45.1 Å². The van der Waals surface area contributed by atoms with Gasteiger partial charge < -0.3 is 16.0 Å². The van der Waals surface area contributed by atoms with Crippen LogP contribution in [0.4, 0.5) is 0 Å². The highest BCUT2D eigenvalue weighted by molar-refractivity contribution is 5.15. The number of nitrogens with one attached hydrogen (secondary N) is 3. The van der Waals surface area contributed by atoms with E-state index in [1.165, 1.54) is 31.2 Å². The quantitative estimate of drug-likeness (QED) is 0.610. The second-order valence-corrected chi connectivity index (χ2v) is 7.99. The molecule has 0 aromatic heterocycles. The summed E-state index contributed by atoms with van der Waals surface area (Å²) in [5.41, 5.74) is 1.43. The third-order valence-corrected chi connectivity index (χ3v) is 6.26. The third-order valence-electron chi connectivity index (χ3n) is 6.26. The van der Waals surface area contributed by atoms with Crippen molar-refractivity contribution in [3.05, 3.63) is 35.9 Å². The largest absolute Gasteiger partial charge is 0.317 e. The zero-order valence-corrected chi connectivity index (χ0v) is 15.6. The smallest absolute Gasteiger partial charge is 0.0267 e. The fourth-order valence-corrected chi connectivity index (χ4v) is 4.59. The normalized spacial score (nSPS) is 33.0. The Labute approximate surface area is 148 Å². The van der Waals surface area contributed by atoms with Crippen LogP contribution in [0.5, 0.6) is 0 Å². The van der Waals surface area contributed by atoms with Crippen LogP contribution in [0.3, 0.4) is 0 Å². The predicted octanol–water partition coefficient (Wildman–Crippen LogP) is 2.96. The molecular weight excluding hydrogens is 294 g/mol. The molecule has 1 saturated carbocycles. The molecule has 2 fully saturated rings. The second-order valence-electron chi connectivity index (χ2n) is 7.99. The lowest BCUT2D eigenvalue weighted by atomic mass is 9.77. The van der Waals surface area contributed by atoms with Crippen molar-refractivity contribution in [2.45, 2.75) is 70.1 Å². The van der Waals surface area contributed by atoms with E-state index in [-0.39, 0.29) is 0 Å². The van der Waals surface area contributed by atoms with Crippen LogP contribution < -0.4 is 16.0 Å². The van der Waals surface area contributed by atoms with Crippen LogP contribution in [-0.4, -0.2) is 37.8 Å². The summed E-state index contributed by atoms with van der Waals surface area (Å²) in [6.07, 6.45) is 6.50. The van der Waals surface area contributed by atoms with Crippen LogP contribution in [0.15, 0.2) is 30.3 Å². The molecule has 2 aliphatic rings. The Hall–Kier alpha value is -0.900. The summed E-state index contributed by atoms with van der Waals surface area (Å²) in [5.74, 6) is 1.66. The van der Waals surface area contributed by atoms with Gasteiger partial charge in [0.2, 0.25) is 0 Å². The van der Waals surface area contributed by atoms with Crippen molar-refractivity contribution >= 4 is 0 Å². The van der Waals surface area contributed by atoms with E-state index in [0.717, 1.165) is 36.9 Å². The lowest BCUT2D eigenvalue weighted by Crippen LogP contribution is -2.42. The van der Waals surface area contributed by atoms with E-state index < -0.39 is 0 Å². The molecule has 1 aromatic carbocycles. The van der Waals surface area contributed by atoms with Gasteiger partial charge >= 0.3 is 0 Å². The average molecular weight is 330 g/mol. The first-order chi connectivity index (χ1) is 11.7. The van der Waals surface area contributed by atoms with Gasteiger partial charge in [0.15, 0.2) is 0 Å². The number of hydrogen-bond donors (Lipinski definition) is 3. The van der Waals surface area contributed by atoms with Crippen LogP contribution in [0, 0.1) is 11.8 Å². The van der Waals surface area contributed by atoms with E-state index in [2.05, 4.69) is 67.2 Å². The SMILES string of the molecule is CNC1CC(CCCC(C)NCCc2ccccc2)C2NC2C1C. The molecule has 0 bridgehead atoms. The van der Waals surface area contributed by atoms with Gasteiger partial charge in [-0.2, -0.15) is 0 Å². The van der Waals surface area contributed by atoms with Crippen molar-refractivity contribution < 1.29 is 0 Å². The van der Waals surface area contributed by atoms with Crippen molar-refractivity contribution in [2.75, 3.05) is 13.6 Å². The molecule has 1 aliphatic carbocycles. The van der Waals surface area contributed by atoms with Gasteiger partial charge in [0.1, 0.15) is 0 Å². The van der Waals surface area contributed by atoms with Gasteiger partial charge in [-0.15, -0.1) is 0 Å². The fraction of sp³-hybridized carbons (Fsp3) is 0.714. The van der Waals surface area contributed by atoms with Gasteiger partial charge in [0.25, 0.3) is 0 Å². The van der Waals surface area contributed by atoms with Gasteiger partial charge in [0.05, 0.1) is 0 Å². The second kappa shape index (κ2) is 8.46. The fourth-order valence-electron chi connectivity index (χ4n) is 4.59. The molecule has 3 rings (SSSR count). The molecule has 0 spiro atoms. The Morgan fingerprint density at radius 2 is 2.00 bits per heavy atom. The summed E-state index contributed by atoms with van der Waals surface area (Å²) in [5, 5.41) is 11.0. The number of fused-ring (bicyclic) bond motifs is 1. The van der Waals surface area contributed by atoms with Gasteiger partial charge in [-0.3, -0.25) is 0 Å². The van der Waals surface area contributed by atoms with Crippen LogP contribution in [-0.2, 0) is 6.42 Å². The van der Waals surface area contributed by atoms with E-state index in [0.29, 0.717) is 12.1 Å². The molecule has 3 N–H and O–H groups in total. The maximum atomic E-state index is 3.73. The minimum atomic E-state index is 0.624. The topological polar surface area (TPSA) is 46.0 Å². The van der Waals surface area contributed by atoms with Crippen molar-refractivity contribution in [2.24, 2.45) is 11.8 Å². The van der Waals surface area contributed by atoms with Gasteiger partial charge in [-0.05, 0) is 63.6 Å². The minimum absolute atomic E-state index is 0.624. The maximum Gasteiger partial charge on any atom is 0.0267 e. The van der Waals surface area contributed by atoms with E-state index in [1.807, 2.05) is 0 Å². The van der Waals surface area contributed by atoms with Crippen molar-refractivity contribution in [3.63, 3.8) is 0 Å². The van der Waals surface area contributed by atoms with Gasteiger partial charge in [-0.25, -0.2) is 0 Å². The first-order valence-corrected chi connectivity index (χ1v) is 9.89. The molecule has 0 radical (unpaired) electrons. The molecule has 3 nitrogen and oxygen atoms in total. The average Bonchev–Trinajstić information content (AvgIpc) is 3.39. The highest BCUT2D eigenvalue weighted by atomic mass is 15.2. The summed E-state index contributed by atoms with van der Waals surface area (Å²) < 4.78 is 0. The lowest BCUT2D eigenvalue weighted by molar-refractivity contribution is 0.251. The molecule has 6 atom stereocenters. The molecule has 134 valence electrons. The zero-order valence-electron chi connectivity index (χ0n) is 15.6. The van der Waals surface area contributed by atoms with Crippen molar-refractivity contribution in [3.8, 4) is 0 Å². The number of hydrogen-bond acceptors (Lipinski definition) is 3. The van der Waals surface area contributed by atoms with Crippen molar-refractivity contribution in [1.82, 2.24) is 16.0 Å². The molecule has 24 heavy (non-hydrogen) atoms. The zero-order chi connectivity index (χ0) is 16.9. The Bertz CT molecular complexity index is 489. The Kier molecular flexibility index (Phi) is 6.31. The molecule has 3 heteroatoms. The molecule has 1 saturated heterocycles. The highest BCUT2D eigenvalue weighted by Gasteiger charge is 2.51. The number of benzene rings is 1. The maximum absolute atomic E-state index is 3.73. The summed E-state index contributed by atoms with van der Waals surface area (Å²) in [6, 6.07) is 13.7. The monoisotopic (exact) mass is 329 g/mol. The van der Waals surface area contributed by atoms with Crippen LogP contribution in [0.2, 0.25) is 0 Å². The van der Waals surface area contributed by atoms with Crippen LogP contribution >= 0.6 is 0 Å². The van der Waals surface area contributed by atoms with Gasteiger partial charge in [-0.1, -0.05) is 43.7 Å². The minimum Gasteiger partial charge on any atom is -0.317 e. The summed E-state index contributed by atoms with van der Waals surface area (Å²) in [4.78, 5) is 0. The first kappa shape index (κ1) is 17.9. The summed E-state index contributed by atoms with van der Waals surface area (Å²) in [6.45, 7) is 5.82. The Balaban J connectivity index is 1.30. The summed E-state index contributed by atoms with van der Waals surface area (Å²) >= 11 is 0. The predicted molar refractivity (Wildman–Crippen MR) is 102 cm³/mol. The molecule has 1 aliphatic heterocycles. The Morgan fingerprint density at radius 1 is 1.21 bits per heavy atom. The van der Waals surface area contributed by atoms with Gasteiger partial charge in [0, 0.05) is 24.2 Å². The van der Waals surface area contributed by atoms with Crippen molar-refractivity contribution in [1.29, 1.82) is 0 Å². The molecule has 6 unspecified atom stereocenters. The van der Waals surface area contributed by atoms with E-state index in [1.54, 1.807) is 0 Å². The standard InChI is InChI=1S/C21H35N3/c1-15(23-13-12-17-9-5-4-6-10-17)8-7-11-18-14-19(22-3)16(2)20-21(18)24-20/h4-6,9-10,15-16,18-24H,7-8,11-14H2,1-3H3. The van der Waals surface area contributed by atoms with E-state index >= 15 is 0 Å².